The van der Waals surface area contributed by atoms with Crippen LogP contribution in [0.2, 0.25) is 0 Å². The molecule has 0 saturated carbocycles. The normalized spacial score (nSPS) is 26.5. The number of carbonyl (C=O) groups excluding carboxylic acids is 1. The van der Waals surface area contributed by atoms with Crippen molar-refractivity contribution >= 4 is 15.7 Å². The van der Waals surface area contributed by atoms with Gasteiger partial charge in [-0.25, -0.2) is 12.8 Å². The standard InChI is InChI=1S/C8H15FN2O3S/c1-15(13,14)3-2-8(12)11-7-5-10-4-6(7)9/h6-7,10H,2-5H2,1H3,(H,11,12)/t6-,7+/m0/s1. The Morgan fingerprint density at radius 1 is 1.53 bits per heavy atom. The van der Waals surface area contributed by atoms with Crippen molar-refractivity contribution in [3.8, 4) is 0 Å². The van der Waals surface area contributed by atoms with Crippen LogP contribution in [0.4, 0.5) is 4.39 Å². The second-order valence-electron chi connectivity index (χ2n) is 3.73. The van der Waals surface area contributed by atoms with Crippen LogP contribution in [0.1, 0.15) is 6.42 Å². The van der Waals surface area contributed by atoms with Gasteiger partial charge in [-0.05, 0) is 0 Å². The number of amides is 1. The third-order valence-corrected chi connectivity index (χ3v) is 3.13. The van der Waals surface area contributed by atoms with Crippen molar-refractivity contribution in [1.82, 2.24) is 10.6 Å². The first-order chi connectivity index (χ1) is 6.88. The molecule has 2 N–H and O–H groups in total. The van der Waals surface area contributed by atoms with Crippen molar-refractivity contribution in [3.63, 3.8) is 0 Å². The van der Waals surface area contributed by atoms with Crippen LogP contribution in [0.25, 0.3) is 0 Å². The van der Waals surface area contributed by atoms with Gasteiger partial charge in [0.25, 0.3) is 0 Å². The molecule has 5 nitrogen and oxygen atoms in total. The summed E-state index contributed by atoms with van der Waals surface area (Å²) in [5, 5.41) is 5.25. The van der Waals surface area contributed by atoms with Gasteiger partial charge in [0.15, 0.2) is 0 Å². The van der Waals surface area contributed by atoms with Gasteiger partial charge in [0.1, 0.15) is 16.0 Å². The number of rotatable bonds is 4. The zero-order valence-electron chi connectivity index (χ0n) is 8.49. The minimum Gasteiger partial charge on any atom is -0.349 e. The van der Waals surface area contributed by atoms with Gasteiger partial charge in [-0.1, -0.05) is 0 Å². The fourth-order valence-electron chi connectivity index (χ4n) is 1.35. The van der Waals surface area contributed by atoms with Crippen molar-refractivity contribution in [1.29, 1.82) is 0 Å². The summed E-state index contributed by atoms with van der Waals surface area (Å²) >= 11 is 0. The maximum absolute atomic E-state index is 13.0. The zero-order chi connectivity index (χ0) is 11.5. The summed E-state index contributed by atoms with van der Waals surface area (Å²) in [6.45, 7) is 0.628. The van der Waals surface area contributed by atoms with E-state index in [0.29, 0.717) is 6.54 Å². The van der Waals surface area contributed by atoms with Crippen LogP contribution in [0, 0.1) is 0 Å². The summed E-state index contributed by atoms with van der Waals surface area (Å²) in [7, 11) is -3.14. The van der Waals surface area contributed by atoms with Gasteiger partial charge in [0.05, 0.1) is 11.8 Å². The van der Waals surface area contributed by atoms with E-state index in [0.717, 1.165) is 6.26 Å². The molecule has 1 amide bonds. The highest BCUT2D eigenvalue weighted by Crippen LogP contribution is 2.04. The van der Waals surface area contributed by atoms with Crippen molar-refractivity contribution < 1.29 is 17.6 Å². The molecule has 7 heteroatoms. The van der Waals surface area contributed by atoms with Crippen LogP contribution in [0.15, 0.2) is 0 Å². The molecular weight excluding hydrogens is 223 g/mol. The molecule has 1 heterocycles. The van der Waals surface area contributed by atoms with E-state index in [1.54, 1.807) is 0 Å². The average Bonchev–Trinajstić information content (AvgIpc) is 2.47. The lowest BCUT2D eigenvalue weighted by Gasteiger charge is -2.13. The lowest BCUT2D eigenvalue weighted by molar-refractivity contribution is -0.121. The third kappa shape index (κ3) is 4.57. The molecule has 0 aromatic rings. The van der Waals surface area contributed by atoms with Crippen molar-refractivity contribution in [2.75, 3.05) is 25.1 Å². The molecule has 0 aromatic carbocycles. The van der Waals surface area contributed by atoms with E-state index in [2.05, 4.69) is 10.6 Å². The summed E-state index contributed by atoms with van der Waals surface area (Å²) in [5.74, 6) is -0.618. The number of alkyl halides is 1. The van der Waals surface area contributed by atoms with E-state index >= 15 is 0 Å². The van der Waals surface area contributed by atoms with Gasteiger partial charge >= 0.3 is 0 Å². The first-order valence-electron chi connectivity index (χ1n) is 4.70. The molecule has 2 atom stereocenters. The number of nitrogens with one attached hydrogen (secondary N) is 2. The Bertz CT molecular complexity index is 331. The maximum atomic E-state index is 13.0. The van der Waals surface area contributed by atoms with Crippen LogP contribution in [-0.4, -0.2) is 51.6 Å². The molecule has 0 spiro atoms. The molecule has 0 aromatic heterocycles. The van der Waals surface area contributed by atoms with Crippen molar-refractivity contribution in [2.24, 2.45) is 0 Å². The lowest BCUT2D eigenvalue weighted by atomic mass is 10.2. The monoisotopic (exact) mass is 238 g/mol. The number of halogens is 1. The number of hydrogen-bond donors (Lipinski definition) is 2. The Morgan fingerprint density at radius 3 is 2.67 bits per heavy atom. The van der Waals surface area contributed by atoms with E-state index in [4.69, 9.17) is 0 Å². The Hall–Kier alpha value is -0.690. The first kappa shape index (κ1) is 12.4. The van der Waals surface area contributed by atoms with Crippen molar-refractivity contribution in [3.05, 3.63) is 0 Å². The third-order valence-electron chi connectivity index (χ3n) is 2.19. The van der Waals surface area contributed by atoms with Gasteiger partial charge < -0.3 is 10.6 Å². The molecule has 0 unspecified atom stereocenters. The summed E-state index contributed by atoms with van der Waals surface area (Å²) in [4.78, 5) is 11.2. The molecule has 1 saturated heterocycles. The number of hydrogen-bond acceptors (Lipinski definition) is 4. The Labute approximate surface area is 88.3 Å². The highest BCUT2D eigenvalue weighted by atomic mass is 32.2. The van der Waals surface area contributed by atoms with Gasteiger partial charge in [-0.2, -0.15) is 0 Å². The Kier molecular flexibility index (Phi) is 4.04. The molecule has 0 radical (unpaired) electrons. The van der Waals surface area contributed by atoms with Gasteiger partial charge in [0.2, 0.25) is 5.91 Å². The smallest absolute Gasteiger partial charge is 0.221 e. The largest absolute Gasteiger partial charge is 0.349 e. The predicted molar refractivity (Wildman–Crippen MR) is 54.0 cm³/mol. The van der Waals surface area contributed by atoms with Crippen LogP contribution in [-0.2, 0) is 14.6 Å². The van der Waals surface area contributed by atoms with Crippen LogP contribution < -0.4 is 10.6 Å². The first-order valence-corrected chi connectivity index (χ1v) is 6.76. The van der Waals surface area contributed by atoms with Crippen LogP contribution in [0.3, 0.4) is 0 Å². The second-order valence-corrected chi connectivity index (χ2v) is 5.99. The SMILES string of the molecule is CS(=O)(=O)CCC(=O)N[C@@H]1CNC[C@@H]1F. The summed E-state index contributed by atoms with van der Waals surface area (Å²) in [5.41, 5.74) is 0. The van der Waals surface area contributed by atoms with E-state index in [1.165, 1.54) is 0 Å². The quantitative estimate of drug-likeness (QED) is 0.648. The Balaban J connectivity index is 2.30. The van der Waals surface area contributed by atoms with E-state index in [9.17, 15) is 17.6 Å². The van der Waals surface area contributed by atoms with Gasteiger partial charge in [-0.3, -0.25) is 4.79 Å². The minimum atomic E-state index is -3.14. The predicted octanol–water partition coefficient (Wildman–Crippen LogP) is -1.15. The molecule has 1 aliphatic heterocycles. The molecule has 0 aliphatic carbocycles. The summed E-state index contributed by atoms with van der Waals surface area (Å²) in [6.07, 6.45) is -0.135. The van der Waals surface area contributed by atoms with E-state index < -0.39 is 28.0 Å². The molecule has 15 heavy (non-hydrogen) atoms. The van der Waals surface area contributed by atoms with Crippen molar-refractivity contribution in [2.45, 2.75) is 18.6 Å². The minimum absolute atomic E-state index is 0.109. The zero-order valence-corrected chi connectivity index (χ0v) is 9.31. The van der Waals surface area contributed by atoms with Gasteiger partial charge in [0, 0.05) is 25.8 Å². The molecule has 88 valence electrons. The lowest BCUT2D eigenvalue weighted by Crippen LogP contribution is -2.41. The second kappa shape index (κ2) is 4.89. The highest BCUT2D eigenvalue weighted by molar-refractivity contribution is 7.90. The number of sulfone groups is 1. The number of carbonyl (C=O) groups is 1. The fourth-order valence-corrected chi connectivity index (χ4v) is 1.90. The molecular formula is C8H15FN2O3S. The maximum Gasteiger partial charge on any atom is 0.221 e. The summed E-state index contributed by atoms with van der Waals surface area (Å²) < 4.78 is 34.6. The van der Waals surface area contributed by atoms with Crippen LogP contribution in [0.5, 0.6) is 0 Å². The van der Waals surface area contributed by atoms with E-state index in [-0.39, 0.29) is 18.7 Å². The molecule has 0 bridgehead atoms. The summed E-state index contributed by atoms with van der Waals surface area (Å²) in [6, 6.07) is -0.530. The van der Waals surface area contributed by atoms with Gasteiger partial charge in [-0.15, -0.1) is 0 Å². The topological polar surface area (TPSA) is 75.3 Å². The average molecular weight is 238 g/mol. The van der Waals surface area contributed by atoms with E-state index in [1.807, 2.05) is 0 Å². The highest BCUT2D eigenvalue weighted by Gasteiger charge is 2.27. The molecule has 1 aliphatic rings. The molecule has 1 rings (SSSR count). The van der Waals surface area contributed by atoms with Crippen LogP contribution >= 0.6 is 0 Å². The molecule has 1 fully saturated rings. The Morgan fingerprint density at radius 2 is 2.20 bits per heavy atom. The fraction of sp³-hybridized carbons (Fsp3) is 0.875.